The van der Waals surface area contributed by atoms with Crippen LogP contribution in [-0.2, 0) is 11.2 Å². The van der Waals surface area contributed by atoms with E-state index in [1.165, 1.54) is 11.3 Å². The molecular formula is C13H24Cl2N4O2S. The van der Waals surface area contributed by atoms with Gasteiger partial charge >= 0.3 is 0 Å². The molecule has 22 heavy (non-hydrogen) atoms. The van der Waals surface area contributed by atoms with E-state index in [0.717, 1.165) is 50.8 Å². The van der Waals surface area contributed by atoms with E-state index < -0.39 is 0 Å². The summed E-state index contributed by atoms with van der Waals surface area (Å²) in [5.74, 6) is 0.0379. The lowest BCUT2D eigenvalue weighted by Crippen LogP contribution is -2.49. The van der Waals surface area contributed by atoms with Crippen LogP contribution in [0.3, 0.4) is 0 Å². The number of piperazine rings is 1. The fourth-order valence-corrected chi connectivity index (χ4v) is 2.99. The highest BCUT2D eigenvalue weighted by molar-refractivity contribution is 7.09. The molecule has 128 valence electrons. The second kappa shape index (κ2) is 11.2. The number of carbonyl (C=O) groups excluding carboxylic acids is 1. The van der Waals surface area contributed by atoms with Crippen LogP contribution in [0.5, 0.6) is 0 Å². The highest BCUT2D eigenvalue weighted by atomic mass is 35.5. The van der Waals surface area contributed by atoms with Crippen molar-refractivity contribution < 1.29 is 9.53 Å². The molecular weight excluding hydrogens is 347 g/mol. The topological polar surface area (TPSA) is 71.7 Å². The minimum atomic E-state index is 0. The Labute approximate surface area is 147 Å². The number of hydrogen-bond acceptors (Lipinski definition) is 6. The van der Waals surface area contributed by atoms with Gasteiger partial charge in [-0.2, -0.15) is 0 Å². The highest BCUT2D eigenvalue weighted by Crippen LogP contribution is 2.13. The molecule has 0 aromatic carbocycles. The lowest BCUT2D eigenvalue weighted by atomic mass is 10.3. The second-order valence-electron chi connectivity index (χ2n) is 4.79. The molecule has 0 radical (unpaired) electrons. The molecule has 1 aromatic rings. The molecule has 0 spiro atoms. The normalized spacial score (nSPS) is 15.1. The minimum absolute atomic E-state index is 0. The van der Waals surface area contributed by atoms with Crippen molar-refractivity contribution in [2.24, 2.45) is 5.73 Å². The van der Waals surface area contributed by atoms with Gasteiger partial charge in [-0.3, -0.25) is 9.69 Å². The Morgan fingerprint density at radius 2 is 2.05 bits per heavy atom. The van der Waals surface area contributed by atoms with Crippen LogP contribution >= 0.6 is 36.2 Å². The minimum Gasteiger partial charge on any atom is -0.383 e. The molecule has 1 aromatic heterocycles. The summed E-state index contributed by atoms with van der Waals surface area (Å²) in [5.41, 5.74) is 6.06. The van der Waals surface area contributed by atoms with Gasteiger partial charge in [-0.25, -0.2) is 4.98 Å². The maximum Gasteiger partial charge on any atom is 0.273 e. The largest absolute Gasteiger partial charge is 0.383 e. The lowest BCUT2D eigenvalue weighted by Gasteiger charge is -2.34. The predicted molar refractivity (Wildman–Crippen MR) is 93.6 cm³/mol. The van der Waals surface area contributed by atoms with E-state index in [-0.39, 0.29) is 30.7 Å². The summed E-state index contributed by atoms with van der Waals surface area (Å²) in [4.78, 5) is 20.9. The van der Waals surface area contributed by atoms with Crippen molar-refractivity contribution in [1.82, 2.24) is 14.8 Å². The molecule has 1 saturated heterocycles. The van der Waals surface area contributed by atoms with Gasteiger partial charge in [0.1, 0.15) is 5.69 Å². The van der Waals surface area contributed by atoms with E-state index in [1.54, 1.807) is 7.11 Å². The number of hydrogen-bond donors (Lipinski definition) is 1. The highest BCUT2D eigenvalue weighted by Gasteiger charge is 2.23. The summed E-state index contributed by atoms with van der Waals surface area (Å²) in [6, 6.07) is 0. The quantitative estimate of drug-likeness (QED) is 0.804. The molecule has 1 aliphatic rings. The Hall–Kier alpha value is -0.440. The summed E-state index contributed by atoms with van der Waals surface area (Å²) < 4.78 is 5.07. The molecule has 9 heteroatoms. The van der Waals surface area contributed by atoms with Crippen molar-refractivity contribution in [3.8, 4) is 0 Å². The zero-order chi connectivity index (χ0) is 14.4. The van der Waals surface area contributed by atoms with Gasteiger partial charge < -0.3 is 15.4 Å². The molecule has 6 nitrogen and oxygen atoms in total. The first-order chi connectivity index (χ1) is 9.74. The molecule has 2 heterocycles. The van der Waals surface area contributed by atoms with Crippen molar-refractivity contribution in [2.45, 2.75) is 6.42 Å². The Balaban J connectivity index is 0.00000220. The van der Waals surface area contributed by atoms with E-state index in [2.05, 4.69) is 9.88 Å². The zero-order valence-electron chi connectivity index (χ0n) is 12.7. The van der Waals surface area contributed by atoms with Crippen LogP contribution in [0.4, 0.5) is 0 Å². The van der Waals surface area contributed by atoms with E-state index >= 15 is 0 Å². The third kappa shape index (κ3) is 5.98. The maximum atomic E-state index is 12.3. The van der Waals surface area contributed by atoms with Gasteiger partial charge in [-0.1, -0.05) is 0 Å². The summed E-state index contributed by atoms with van der Waals surface area (Å²) in [6.45, 7) is 5.54. The van der Waals surface area contributed by atoms with Crippen LogP contribution in [0.2, 0.25) is 0 Å². The van der Waals surface area contributed by atoms with Gasteiger partial charge in [0, 0.05) is 51.6 Å². The van der Waals surface area contributed by atoms with Crippen LogP contribution in [0, 0.1) is 0 Å². The number of amides is 1. The fraction of sp³-hybridized carbons (Fsp3) is 0.692. The third-order valence-electron chi connectivity index (χ3n) is 3.40. The number of methoxy groups -OCH3 is 1. The predicted octanol–water partition coefficient (Wildman–Crippen LogP) is 0.892. The molecule has 0 atom stereocenters. The van der Waals surface area contributed by atoms with E-state index in [9.17, 15) is 4.79 Å². The van der Waals surface area contributed by atoms with Crippen molar-refractivity contribution in [3.63, 3.8) is 0 Å². The van der Waals surface area contributed by atoms with Crippen LogP contribution in [0.25, 0.3) is 0 Å². The molecule has 0 bridgehead atoms. The average Bonchev–Trinajstić information content (AvgIpc) is 2.94. The SMILES string of the molecule is COCCN1CCN(C(=O)c2csc(CCN)n2)CC1.Cl.Cl. The summed E-state index contributed by atoms with van der Waals surface area (Å²) >= 11 is 1.51. The number of carbonyl (C=O) groups is 1. The number of ether oxygens (including phenoxy) is 1. The Morgan fingerprint density at radius 1 is 1.36 bits per heavy atom. The number of aromatic nitrogens is 1. The second-order valence-corrected chi connectivity index (χ2v) is 5.73. The smallest absolute Gasteiger partial charge is 0.273 e. The van der Waals surface area contributed by atoms with E-state index in [0.29, 0.717) is 12.2 Å². The number of nitrogens with two attached hydrogens (primary N) is 1. The Morgan fingerprint density at radius 3 is 2.64 bits per heavy atom. The monoisotopic (exact) mass is 370 g/mol. The Kier molecular flexibility index (Phi) is 10.9. The maximum absolute atomic E-state index is 12.3. The zero-order valence-corrected chi connectivity index (χ0v) is 15.1. The number of thiazole rings is 1. The van der Waals surface area contributed by atoms with Gasteiger partial charge in [-0.15, -0.1) is 36.2 Å². The number of rotatable bonds is 6. The third-order valence-corrected chi connectivity index (χ3v) is 4.31. The van der Waals surface area contributed by atoms with E-state index in [1.807, 2.05) is 10.3 Å². The van der Waals surface area contributed by atoms with Crippen LogP contribution in [-0.4, -0.2) is 73.7 Å². The molecule has 1 aliphatic heterocycles. The molecule has 0 unspecified atom stereocenters. The fourth-order valence-electron chi connectivity index (χ4n) is 2.20. The first-order valence-electron chi connectivity index (χ1n) is 6.89. The van der Waals surface area contributed by atoms with Gasteiger partial charge in [0.05, 0.1) is 11.6 Å². The van der Waals surface area contributed by atoms with Crippen molar-refractivity contribution in [1.29, 1.82) is 0 Å². The van der Waals surface area contributed by atoms with Crippen molar-refractivity contribution in [3.05, 3.63) is 16.1 Å². The van der Waals surface area contributed by atoms with Gasteiger partial charge in [-0.05, 0) is 6.54 Å². The van der Waals surface area contributed by atoms with Crippen molar-refractivity contribution >= 4 is 42.1 Å². The average molecular weight is 371 g/mol. The molecule has 2 N–H and O–H groups in total. The number of halogens is 2. The van der Waals surface area contributed by atoms with Gasteiger partial charge in [0.15, 0.2) is 0 Å². The summed E-state index contributed by atoms with van der Waals surface area (Å²) in [7, 11) is 1.71. The molecule has 2 rings (SSSR count). The van der Waals surface area contributed by atoms with Gasteiger partial charge in [0.2, 0.25) is 0 Å². The van der Waals surface area contributed by atoms with E-state index in [4.69, 9.17) is 10.5 Å². The van der Waals surface area contributed by atoms with Crippen LogP contribution in [0.1, 0.15) is 15.5 Å². The van der Waals surface area contributed by atoms with Crippen LogP contribution in [0.15, 0.2) is 5.38 Å². The molecule has 0 saturated carbocycles. The summed E-state index contributed by atoms with van der Waals surface area (Å²) in [5, 5.41) is 2.78. The molecule has 0 aliphatic carbocycles. The van der Waals surface area contributed by atoms with Gasteiger partial charge in [0.25, 0.3) is 5.91 Å². The lowest BCUT2D eigenvalue weighted by molar-refractivity contribution is 0.0589. The van der Waals surface area contributed by atoms with Crippen molar-refractivity contribution in [2.75, 3.05) is 53.0 Å². The first kappa shape index (κ1) is 21.6. The molecule has 1 fully saturated rings. The standard InChI is InChI=1S/C13H22N4O2S.2ClH/c1-19-9-8-16-4-6-17(7-5-16)13(18)11-10-20-12(15-11)2-3-14;;/h10H,2-9,14H2,1H3;2*1H. The summed E-state index contributed by atoms with van der Waals surface area (Å²) in [6.07, 6.45) is 0.739. The Bertz CT molecular complexity index is 439. The molecule has 1 amide bonds. The van der Waals surface area contributed by atoms with Crippen LogP contribution < -0.4 is 5.73 Å². The first-order valence-corrected chi connectivity index (χ1v) is 7.77. The number of nitrogens with zero attached hydrogens (tertiary/aromatic N) is 3.